The van der Waals surface area contributed by atoms with Crippen LogP contribution in [0.5, 0.6) is 0 Å². The zero-order valence-corrected chi connectivity index (χ0v) is 70.1. The number of carbonyl (C=O) groups excluding carboxylic acids is 8. The number of hydrogen-bond acceptors (Lipinski definition) is 23. The van der Waals surface area contributed by atoms with Crippen LogP contribution in [0.3, 0.4) is 0 Å². The summed E-state index contributed by atoms with van der Waals surface area (Å²) in [5.74, 6) is -2.47. The molecule has 584 valence electrons. The maximum Gasteiger partial charge on any atom is 0.342 e. The summed E-state index contributed by atoms with van der Waals surface area (Å²) in [7, 11) is 0. The van der Waals surface area contributed by atoms with Gasteiger partial charge in [-0.15, -0.1) is 0 Å². The molecule has 5 N–H and O–H groups in total. The van der Waals surface area contributed by atoms with E-state index in [2.05, 4.69) is 52.4 Å². The second kappa shape index (κ2) is 52.3. The van der Waals surface area contributed by atoms with E-state index >= 15 is 0 Å². The summed E-state index contributed by atoms with van der Waals surface area (Å²) >= 11 is 35.2. The van der Waals surface area contributed by atoms with Gasteiger partial charge in [-0.05, 0) is 178 Å². The molecule has 0 spiro atoms. The van der Waals surface area contributed by atoms with Crippen molar-refractivity contribution in [1.82, 2.24) is 30.6 Å². The van der Waals surface area contributed by atoms with Crippen molar-refractivity contribution in [3.8, 4) is 22.5 Å². The molecule has 6 aromatic carbocycles. The van der Waals surface area contributed by atoms with Gasteiger partial charge in [0.25, 0.3) is 5.91 Å². The van der Waals surface area contributed by atoms with E-state index < -0.39 is 17.9 Å². The highest BCUT2D eigenvalue weighted by Crippen LogP contribution is 2.32. The van der Waals surface area contributed by atoms with E-state index in [9.17, 15) is 38.4 Å². The lowest BCUT2D eigenvalue weighted by Gasteiger charge is -2.24. The van der Waals surface area contributed by atoms with Gasteiger partial charge in [0.2, 0.25) is 0 Å². The van der Waals surface area contributed by atoms with Gasteiger partial charge in [0, 0.05) is 53.9 Å². The number of aliphatic imine (C=N–C) groups is 1. The molecule has 8 aromatic rings. The first-order chi connectivity index (χ1) is 52.5. The molecule has 1 aliphatic heterocycles. The number of benzene rings is 6. The van der Waals surface area contributed by atoms with Crippen LogP contribution in [-0.4, -0.2) is 142 Å². The highest BCUT2D eigenvalue weighted by molar-refractivity contribution is 8.13. The Morgan fingerprint density at radius 3 is 1.47 bits per heavy atom. The summed E-state index contributed by atoms with van der Waals surface area (Å²) in [4.78, 5) is 113. The molecule has 0 saturated carbocycles. The fraction of sp³-hybridized carbons (Fsp3) is 0.275. The maximum atomic E-state index is 12.9. The largest absolute Gasteiger partial charge is 0.466 e. The Kier molecular flexibility index (Phi) is 45.3. The number of esters is 4. The van der Waals surface area contributed by atoms with Gasteiger partial charge in [-0.3, -0.25) is 34.4 Å². The summed E-state index contributed by atoms with van der Waals surface area (Å²) in [6, 6.07) is 45.7. The lowest BCUT2D eigenvalue weighted by Crippen LogP contribution is -2.32. The number of aromatic nitrogens is 4. The van der Waals surface area contributed by atoms with E-state index in [0.29, 0.717) is 118 Å². The number of Topliss-reactive ketones (excluding diaryl/α,β-unsaturated/α-hetero) is 2. The van der Waals surface area contributed by atoms with E-state index in [4.69, 9.17) is 83.4 Å². The lowest BCUT2D eigenvalue weighted by atomic mass is 10.0. The molecular formula is C80H88Cl5N9O12S4. The smallest absolute Gasteiger partial charge is 0.342 e. The van der Waals surface area contributed by atoms with Crippen LogP contribution >= 0.6 is 105 Å². The van der Waals surface area contributed by atoms with Crippen molar-refractivity contribution in [2.75, 3.05) is 58.0 Å². The average Bonchev–Trinajstić information content (AvgIpc) is 0.806. The quantitative estimate of drug-likeness (QED) is 0.00419. The standard InChI is InChI=1S/C22H22ClN3OS.C15H17ClN2O2S.C15H15ClN2O2S.C13H13ClO3.C7H5ClO.C6H10O3.C2H6N2S/c1-15-19(21(27)24-13-7-10-16-8-4-3-5-9-16)20(26-22(25-15)28-2)17-11-6-12-18(23)14-17;2*1-4-20-14(19)12-9(2)17-15(21-3)18-13(12)10-6-5-7-11(16)8-10;1-3-17-13(16)12(9(2)15)8-10-5-4-6-11(14)7-10;8-7-3-1-2-6(4-7)5-9;1-3-9-6(8)4-5(2)7;1-5-2(3)4/h3-6,8-9,11-12,14H,7,10,13H2,1-2H3,(H,24,27);5-9H,4H2,1-3H3,(H,17,18);5-8H,4H2,1-3H3;4-8H,3H2,1-2H3;1-5H;3-4H2,1-2H3;1H3,(H3,3,4)/b;;;12-8-;;;. The Hall–Kier alpha value is -8.89. The first kappa shape index (κ1) is 95.3. The predicted octanol–water partition coefficient (Wildman–Crippen LogP) is 18.3. The van der Waals surface area contributed by atoms with E-state index in [1.54, 1.807) is 114 Å². The molecule has 1 unspecified atom stereocenters. The number of aldehydes is 1. The van der Waals surface area contributed by atoms with Gasteiger partial charge in [-0.1, -0.05) is 196 Å². The third-order valence-corrected chi connectivity index (χ3v) is 17.5. The number of amides is 1. The molecule has 9 rings (SSSR count). The van der Waals surface area contributed by atoms with Crippen LogP contribution in [0.25, 0.3) is 34.3 Å². The summed E-state index contributed by atoms with van der Waals surface area (Å²) in [6.45, 7) is 16.9. The number of ether oxygens (including phenoxy) is 4. The molecule has 110 heavy (non-hydrogen) atoms. The molecule has 0 saturated heterocycles. The number of hydrogen-bond donors (Lipinski definition) is 4. The van der Waals surface area contributed by atoms with Crippen LogP contribution in [0.15, 0.2) is 178 Å². The molecule has 3 heterocycles. The molecule has 1 amide bonds. The van der Waals surface area contributed by atoms with Crippen molar-refractivity contribution in [2.24, 2.45) is 10.7 Å². The average molecular weight is 1670 g/mol. The summed E-state index contributed by atoms with van der Waals surface area (Å²) < 4.78 is 19.6. The van der Waals surface area contributed by atoms with Crippen molar-refractivity contribution in [3.05, 3.63) is 233 Å². The highest BCUT2D eigenvalue weighted by atomic mass is 35.5. The summed E-state index contributed by atoms with van der Waals surface area (Å²) in [5.41, 5.74) is 14.4. The maximum absolute atomic E-state index is 12.9. The van der Waals surface area contributed by atoms with Crippen molar-refractivity contribution >= 4 is 175 Å². The lowest BCUT2D eigenvalue weighted by molar-refractivity contribution is -0.145. The Labute approximate surface area is 684 Å². The van der Waals surface area contributed by atoms with Crippen molar-refractivity contribution < 1.29 is 57.3 Å². The van der Waals surface area contributed by atoms with Crippen LogP contribution in [0.4, 0.5) is 0 Å². The van der Waals surface area contributed by atoms with Gasteiger partial charge in [0.1, 0.15) is 29.6 Å². The van der Waals surface area contributed by atoms with Gasteiger partial charge in [-0.2, -0.15) is 0 Å². The monoisotopic (exact) mass is 1670 g/mol. The van der Waals surface area contributed by atoms with E-state index in [1.807, 2.05) is 99.3 Å². The van der Waals surface area contributed by atoms with Gasteiger partial charge in [0.15, 0.2) is 26.4 Å². The number of rotatable bonds is 22. The Morgan fingerprint density at radius 2 is 1.03 bits per heavy atom. The molecule has 0 bridgehead atoms. The number of nitrogens with zero attached hydrogens (tertiary/aromatic N) is 5. The number of amidine groups is 2. The van der Waals surface area contributed by atoms with E-state index in [-0.39, 0.29) is 53.3 Å². The van der Waals surface area contributed by atoms with Crippen LogP contribution < -0.4 is 16.4 Å². The predicted molar refractivity (Wildman–Crippen MR) is 451 cm³/mol. The molecule has 0 radical (unpaired) electrons. The third-order valence-electron chi connectivity index (χ3n) is 14.1. The molecule has 0 fully saturated rings. The number of aryl methyl sites for hydroxylation is 3. The molecule has 30 heteroatoms. The van der Waals surface area contributed by atoms with Crippen LogP contribution in [-0.2, 0) is 49.3 Å². The first-order valence-corrected chi connectivity index (χ1v) is 40.6. The first-order valence-electron chi connectivity index (χ1n) is 33.8. The Balaban J connectivity index is 0.000000350. The van der Waals surface area contributed by atoms with Crippen molar-refractivity contribution in [2.45, 2.75) is 97.9 Å². The van der Waals surface area contributed by atoms with Gasteiger partial charge >= 0.3 is 23.9 Å². The minimum absolute atomic E-state index is 0.0223. The SMILES string of the molecule is CCOC(=O)/C(=C\c1cccc(Cl)c1)C(C)=O.CCOC(=O)C1=C(c2cccc(Cl)c2)NC(SC)=NC1C.CCOC(=O)CC(C)=O.CCOC(=O)c1c(C)nc(SC)nc1-c1cccc(Cl)c1.CSC(=N)N.CSc1nc(C)c(C(=O)NCCCc2ccccc2)c(-c2cccc(Cl)c2)n1.O=Cc1cccc(Cl)c1. The van der Waals surface area contributed by atoms with Gasteiger partial charge in [0.05, 0.1) is 72.1 Å². The second-order valence-corrected chi connectivity index (χ2v) is 27.8. The van der Waals surface area contributed by atoms with Gasteiger partial charge < -0.3 is 35.3 Å². The number of halogens is 5. The second-order valence-electron chi connectivity index (χ2n) is 22.4. The van der Waals surface area contributed by atoms with Crippen LogP contribution in [0, 0.1) is 19.3 Å². The number of ketones is 2. The number of nitrogens with two attached hydrogens (primary N) is 1. The fourth-order valence-corrected chi connectivity index (χ4v) is 11.6. The molecule has 21 nitrogen and oxygen atoms in total. The van der Waals surface area contributed by atoms with Crippen LogP contribution in [0.1, 0.15) is 120 Å². The normalized spacial score (nSPS) is 11.7. The molecular weight excluding hydrogens is 1580 g/mol. The van der Waals surface area contributed by atoms with Crippen molar-refractivity contribution in [1.29, 1.82) is 5.41 Å². The molecule has 1 atom stereocenters. The summed E-state index contributed by atoms with van der Waals surface area (Å²) in [5, 5.41) is 17.8. The van der Waals surface area contributed by atoms with Crippen LogP contribution in [0.2, 0.25) is 25.1 Å². The minimum Gasteiger partial charge on any atom is -0.466 e. The number of thioether (sulfide) groups is 4. The molecule has 2 aromatic heterocycles. The Bertz CT molecular complexity index is 4540. The highest BCUT2D eigenvalue weighted by Gasteiger charge is 2.29. The number of nitrogens with one attached hydrogen (secondary N) is 3. The van der Waals surface area contributed by atoms with Crippen molar-refractivity contribution in [3.63, 3.8) is 0 Å². The molecule has 0 aliphatic carbocycles. The van der Waals surface area contributed by atoms with E-state index in [0.717, 1.165) is 41.0 Å². The Morgan fingerprint density at radius 1 is 0.573 bits per heavy atom. The van der Waals surface area contributed by atoms with E-state index in [1.165, 1.54) is 72.5 Å². The number of carbonyl (C=O) groups is 8. The summed E-state index contributed by atoms with van der Waals surface area (Å²) in [6.07, 6.45) is 11.4. The van der Waals surface area contributed by atoms with Gasteiger partial charge in [-0.25, -0.2) is 34.3 Å². The fourth-order valence-electron chi connectivity index (χ4n) is 9.30. The molecule has 1 aliphatic rings. The zero-order chi connectivity index (χ0) is 81.8. The topological polar surface area (TPSA) is 311 Å². The zero-order valence-electron chi connectivity index (χ0n) is 63.1. The minimum atomic E-state index is -0.611. The third kappa shape index (κ3) is 34.6.